The topological polar surface area (TPSA) is 72.4 Å². The standard InChI is InChI=1S/C14H9BrN4O2/c1-20-11-6-9(7-16)2-3-10(11)21-14-13-17-4-5-19(13)8-12(15)18-14/h2-6,8H,1H3. The summed E-state index contributed by atoms with van der Waals surface area (Å²) in [5, 5.41) is 8.91. The predicted molar refractivity (Wildman–Crippen MR) is 78.5 cm³/mol. The van der Waals surface area contributed by atoms with Gasteiger partial charge in [0.15, 0.2) is 11.5 Å². The summed E-state index contributed by atoms with van der Waals surface area (Å²) in [6.07, 6.45) is 5.24. The fraction of sp³-hybridized carbons (Fsp3) is 0.0714. The number of methoxy groups -OCH3 is 1. The summed E-state index contributed by atoms with van der Waals surface area (Å²) >= 11 is 3.33. The van der Waals surface area contributed by atoms with Crippen LogP contribution in [0.2, 0.25) is 0 Å². The molecular formula is C14H9BrN4O2. The first kappa shape index (κ1) is 13.4. The van der Waals surface area contributed by atoms with Gasteiger partial charge in [0.1, 0.15) is 4.60 Å². The van der Waals surface area contributed by atoms with Gasteiger partial charge >= 0.3 is 0 Å². The molecule has 0 radical (unpaired) electrons. The predicted octanol–water partition coefficient (Wildman–Crippen LogP) is 3.16. The molecule has 21 heavy (non-hydrogen) atoms. The molecule has 0 saturated carbocycles. The zero-order valence-corrected chi connectivity index (χ0v) is 12.5. The molecule has 104 valence electrons. The summed E-state index contributed by atoms with van der Waals surface area (Å²) in [5.41, 5.74) is 1.08. The van der Waals surface area contributed by atoms with Crippen LogP contribution in [-0.2, 0) is 0 Å². The quantitative estimate of drug-likeness (QED) is 0.729. The summed E-state index contributed by atoms with van der Waals surface area (Å²) in [6.45, 7) is 0. The number of hydrogen-bond acceptors (Lipinski definition) is 5. The normalized spacial score (nSPS) is 10.3. The van der Waals surface area contributed by atoms with Crippen molar-refractivity contribution < 1.29 is 9.47 Å². The summed E-state index contributed by atoms with van der Waals surface area (Å²) in [6, 6.07) is 6.98. The Bertz CT molecular complexity index is 854. The highest BCUT2D eigenvalue weighted by molar-refractivity contribution is 9.10. The van der Waals surface area contributed by atoms with Gasteiger partial charge in [-0.3, -0.25) is 4.40 Å². The number of halogens is 1. The minimum atomic E-state index is 0.345. The maximum atomic E-state index is 8.91. The van der Waals surface area contributed by atoms with Crippen LogP contribution in [0, 0.1) is 11.3 Å². The number of ether oxygens (including phenoxy) is 2. The van der Waals surface area contributed by atoms with Crippen molar-refractivity contribution in [3.63, 3.8) is 0 Å². The Morgan fingerprint density at radius 1 is 1.33 bits per heavy atom. The number of benzene rings is 1. The van der Waals surface area contributed by atoms with Crippen LogP contribution in [0.5, 0.6) is 17.4 Å². The van der Waals surface area contributed by atoms with Gasteiger partial charge in [-0.2, -0.15) is 5.26 Å². The maximum Gasteiger partial charge on any atom is 0.265 e. The number of rotatable bonds is 3. The highest BCUT2D eigenvalue weighted by atomic mass is 79.9. The lowest BCUT2D eigenvalue weighted by Crippen LogP contribution is -1.97. The lowest BCUT2D eigenvalue weighted by Gasteiger charge is -2.10. The SMILES string of the molecule is COc1cc(C#N)ccc1Oc1nc(Br)cn2ccnc12. The van der Waals surface area contributed by atoms with Crippen molar-refractivity contribution in [3.05, 3.63) is 47.0 Å². The molecule has 0 amide bonds. The highest BCUT2D eigenvalue weighted by Crippen LogP contribution is 2.33. The number of hydrogen-bond donors (Lipinski definition) is 0. The van der Waals surface area contributed by atoms with Gasteiger partial charge in [-0.1, -0.05) is 0 Å². The molecule has 2 heterocycles. The van der Waals surface area contributed by atoms with E-state index in [2.05, 4.69) is 32.0 Å². The van der Waals surface area contributed by atoms with Gasteiger partial charge in [0.05, 0.1) is 18.7 Å². The van der Waals surface area contributed by atoms with Crippen LogP contribution in [-0.4, -0.2) is 21.5 Å². The number of imidazole rings is 1. The van der Waals surface area contributed by atoms with Crippen LogP contribution in [0.15, 0.2) is 41.4 Å². The number of nitrogens with zero attached hydrogens (tertiary/aromatic N) is 4. The average molecular weight is 345 g/mol. The molecule has 0 aliphatic heterocycles. The van der Waals surface area contributed by atoms with E-state index in [0.29, 0.717) is 33.2 Å². The van der Waals surface area contributed by atoms with Crippen LogP contribution in [0.4, 0.5) is 0 Å². The first-order chi connectivity index (χ1) is 10.2. The highest BCUT2D eigenvalue weighted by Gasteiger charge is 2.12. The van der Waals surface area contributed by atoms with E-state index in [-0.39, 0.29) is 0 Å². The Kier molecular flexibility index (Phi) is 3.46. The Balaban J connectivity index is 2.06. The van der Waals surface area contributed by atoms with Crippen LogP contribution >= 0.6 is 15.9 Å². The molecule has 0 atom stereocenters. The zero-order valence-electron chi connectivity index (χ0n) is 10.9. The van der Waals surface area contributed by atoms with Gasteiger partial charge < -0.3 is 9.47 Å². The van der Waals surface area contributed by atoms with Crippen LogP contribution in [0.25, 0.3) is 5.65 Å². The molecule has 2 aromatic heterocycles. The molecule has 0 N–H and O–H groups in total. The first-order valence-corrected chi connectivity index (χ1v) is 6.76. The van der Waals surface area contributed by atoms with Crippen molar-refractivity contribution in [1.29, 1.82) is 5.26 Å². The first-order valence-electron chi connectivity index (χ1n) is 5.96. The molecule has 3 aromatic rings. The monoisotopic (exact) mass is 344 g/mol. The molecule has 0 aliphatic rings. The van der Waals surface area contributed by atoms with E-state index in [1.807, 2.05) is 0 Å². The second kappa shape index (κ2) is 5.42. The molecule has 1 aromatic carbocycles. The lowest BCUT2D eigenvalue weighted by molar-refractivity contribution is 0.374. The lowest BCUT2D eigenvalue weighted by atomic mass is 10.2. The number of fused-ring (bicyclic) bond motifs is 1. The Morgan fingerprint density at radius 3 is 2.95 bits per heavy atom. The minimum absolute atomic E-state index is 0.345. The van der Waals surface area contributed by atoms with E-state index < -0.39 is 0 Å². The zero-order chi connectivity index (χ0) is 14.8. The molecule has 0 saturated heterocycles. The van der Waals surface area contributed by atoms with Gasteiger partial charge in [0.2, 0.25) is 5.65 Å². The second-order valence-corrected chi connectivity index (χ2v) is 4.92. The third-order valence-electron chi connectivity index (χ3n) is 2.81. The molecule has 0 fully saturated rings. The molecule has 3 rings (SSSR count). The van der Waals surface area contributed by atoms with E-state index in [1.54, 1.807) is 41.2 Å². The van der Waals surface area contributed by atoms with E-state index in [9.17, 15) is 0 Å². The molecule has 6 nitrogen and oxygen atoms in total. The second-order valence-electron chi connectivity index (χ2n) is 4.11. The van der Waals surface area contributed by atoms with Crippen LogP contribution in [0.1, 0.15) is 5.56 Å². The number of aromatic nitrogens is 3. The van der Waals surface area contributed by atoms with Gasteiger partial charge in [0.25, 0.3) is 5.88 Å². The minimum Gasteiger partial charge on any atom is -0.493 e. The van der Waals surface area contributed by atoms with E-state index in [1.165, 1.54) is 7.11 Å². The fourth-order valence-corrected chi connectivity index (χ4v) is 2.25. The Labute approximate surface area is 128 Å². The Hall–Kier alpha value is -2.59. The van der Waals surface area contributed by atoms with Crippen molar-refractivity contribution in [1.82, 2.24) is 14.4 Å². The van der Waals surface area contributed by atoms with E-state index in [4.69, 9.17) is 14.7 Å². The van der Waals surface area contributed by atoms with Crippen molar-refractivity contribution in [2.75, 3.05) is 7.11 Å². The van der Waals surface area contributed by atoms with Crippen molar-refractivity contribution in [2.45, 2.75) is 0 Å². The summed E-state index contributed by atoms with van der Waals surface area (Å²) in [7, 11) is 1.52. The summed E-state index contributed by atoms with van der Waals surface area (Å²) in [5.74, 6) is 1.27. The fourth-order valence-electron chi connectivity index (χ4n) is 1.87. The molecule has 0 spiro atoms. The van der Waals surface area contributed by atoms with Crippen LogP contribution in [0.3, 0.4) is 0 Å². The van der Waals surface area contributed by atoms with Gasteiger partial charge in [0, 0.05) is 24.7 Å². The van der Waals surface area contributed by atoms with Gasteiger partial charge in [-0.15, -0.1) is 0 Å². The summed E-state index contributed by atoms with van der Waals surface area (Å²) < 4.78 is 13.4. The van der Waals surface area contributed by atoms with E-state index >= 15 is 0 Å². The largest absolute Gasteiger partial charge is 0.493 e. The number of nitriles is 1. The third kappa shape index (κ3) is 2.53. The Morgan fingerprint density at radius 2 is 2.19 bits per heavy atom. The van der Waals surface area contributed by atoms with Crippen molar-refractivity contribution in [2.24, 2.45) is 0 Å². The molecular weight excluding hydrogens is 336 g/mol. The van der Waals surface area contributed by atoms with Crippen LogP contribution < -0.4 is 9.47 Å². The maximum absolute atomic E-state index is 8.91. The molecule has 7 heteroatoms. The molecule has 0 aliphatic carbocycles. The molecule has 0 unspecified atom stereocenters. The average Bonchev–Trinajstić information content (AvgIpc) is 2.96. The van der Waals surface area contributed by atoms with E-state index in [0.717, 1.165) is 0 Å². The van der Waals surface area contributed by atoms with Crippen molar-refractivity contribution >= 4 is 21.6 Å². The third-order valence-corrected chi connectivity index (χ3v) is 3.20. The van der Waals surface area contributed by atoms with Gasteiger partial charge in [-0.25, -0.2) is 9.97 Å². The van der Waals surface area contributed by atoms with Gasteiger partial charge in [-0.05, 0) is 28.1 Å². The molecule has 0 bridgehead atoms. The summed E-state index contributed by atoms with van der Waals surface area (Å²) in [4.78, 5) is 8.48. The smallest absolute Gasteiger partial charge is 0.265 e. The van der Waals surface area contributed by atoms with Crippen molar-refractivity contribution in [3.8, 4) is 23.4 Å².